The van der Waals surface area contributed by atoms with E-state index in [0.29, 0.717) is 25.4 Å². The van der Waals surface area contributed by atoms with Crippen LogP contribution in [0.2, 0.25) is 0 Å². The standard InChI is InChI=1S/C23H25N3O3/c1-29-14-13-24-22(27)15-17-9-11-20(12-10-17)26-23(28)25-16-19-7-4-6-18-5-2-3-8-21(18)19/h2-12H,13-16H2,1H3,(H,24,27)(H2,25,26,28). The number of anilines is 1. The van der Waals surface area contributed by atoms with Crippen molar-refractivity contribution < 1.29 is 14.3 Å². The first-order valence-electron chi connectivity index (χ1n) is 9.52. The van der Waals surface area contributed by atoms with E-state index in [1.165, 1.54) is 0 Å². The number of rotatable bonds is 8. The van der Waals surface area contributed by atoms with E-state index in [2.05, 4.69) is 34.1 Å². The molecule has 0 fully saturated rings. The molecule has 6 heteroatoms. The summed E-state index contributed by atoms with van der Waals surface area (Å²) in [5.41, 5.74) is 2.61. The molecule has 3 N–H and O–H groups in total. The third-order valence-corrected chi connectivity index (χ3v) is 4.52. The fourth-order valence-electron chi connectivity index (χ4n) is 3.04. The number of carbonyl (C=O) groups is 2. The quantitative estimate of drug-likeness (QED) is 0.515. The third kappa shape index (κ3) is 6.05. The van der Waals surface area contributed by atoms with Crippen LogP contribution in [-0.2, 0) is 22.5 Å². The highest BCUT2D eigenvalue weighted by atomic mass is 16.5. The molecule has 0 unspecified atom stereocenters. The molecule has 29 heavy (non-hydrogen) atoms. The van der Waals surface area contributed by atoms with Gasteiger partial charge in [0.1, 0.15) is 0 Å². The molecule has 150 valence electrons. The summed E-state index contributed by atoms with van der Waals surface area (Å²) >= 11 is 0. The zero-order chi connectivity index (χ0) is 20.5. The molecule has 0 aromatic heterocycles. The van der Waals surface area contributed by atoms with Crippen molar-refractivity contribution in [1.29, 1.82) is 0 Å². The van der Waals surface area contributed by atoms with Gasteiger partial charge >= 0.3 is 6.03 Å². The Morgan fingerprint density at radius 3 is 2.45 bits per heavy atom. The first-order chi connectivity index (χ1) is 14.2. The van der Waals surface area contributed by atoms with Crippen LogP contribution in [0.1, 0.15) is 11.1 Å². The lowest BCUT2D eigenvalue weighted by molar-refractivity contribution is -0.120. The maximum absolute atomic E-state index is 12.2. The molecule has 6 nitrogen and oxygen atoms in total. The molecule has 0 atom stereocenters. The molecule has 0 aliphatic rings. The van der Waals surface area contributed by atoms with Gasteiger partial charge in [-0.05, 0) is 34.0 Å². The Hall–Kier alpha value is -3.38. The number of nitrogens with one attached hydrogen (secondary N) is 3. The third-order valence-electron chi connectivity index (χ3n) is 4.52. The van der Waals surface area contributed by atoms with Crippen LogP contribution in [0.3, 0.4) is 0 Å². The zero-order valence-corrected chi connectivity index (χ0v) is 16.4. The molecule has 0 aliphatic heterocycles. The fraction of sp³-hybridized carbons (Fsp3) is 0.217. The number of methoxy groups -OCH3 is 1. The topological polar surface area (TPSA) is 79.5 Å². The van der Waals surface area contributed by atoms with E-state index >= 15 is 0 Å². The van der Waals surface area contributed by atoms with E-state index < -0.39 is 0 Å². The summed E-state index contributed by atoms with van der Waals surface area (Å²) in [6.07, 6.45) is 0.289. The summed E-state index contributed by atoms with van der Waals surface area (Å²) in [5.74, 6) is -0.0596. The Kier molecular flexibility index (Phi) is 7.19. The van der Waals surface area contributed by atoms with E-state index in [4.69, 9.17) is 4.74 Å². The van der Waals surface area contributed by atoms with E-state index in [1.807, 2.05) is 36.4 Å². The molecule has 3 aromatic rings. The molecule has 0 bridgehead atoms. The van der Waals surface area contributed by atoms with Gasteiger partial charge in [0.05, 0.1) is 13.0 Å². The second-order valence-electron chi connectivity index (χ2n) is 6.66. The van der Waals surface area contributed by atoms with Crippen LogP contribution in [0.5, 0.6) is 0 Å². The molecular weight excluding hydrogens is 366 g/mol. The van der Waals surface area contributed by atoms with Crippen molar-refractivity contribution in [3.05, 3.63) is 77.9 Å². The van der Waals surface area contributed by atoms with E-state index in [0.717, 1.165) is 21.9 Å². The van der Waals surface area contributed by atoms with Gasteiger partial charge in [-0.15, -0.1) is 0 Å². The Balaban J connectivity index is 1.50. The minimum Gasteiger partial charge on any atom is -0.383 e. The van der Waals surface area contributed by atoms with Crippen LogP contribution in [0.25, 0.3) is 10.8 Å². The number of carbonyl (C=O) groups excluding carboxylic acids is 2. The van der Waals surface area contributed by atoms with Gasteiger partial charge in [0.15, 0.2) is 0 Å². The average Bonchev–Trinajstić information content (AvgIpc) is 2.74. The summed E-state index contributed by atoms with van der Waals surface area (Å²) in [5, 5.41) is 10.8. The summed E-state index contributed by atoms with van der Waals surface area (Å²) < 4.78 is 4.90. The summed E-state index contributed by atoms with van der Waals surface area (Å²) in [6.45, 7) is 1.42. The van der Waals surface area contributed by atoms with Gasteiger partial charge in [-0.1, -0.05) is 54.6 Å². The van der Waals surface area contributed by atoms with Crippen molar-refractivity contribution in [1.82, 2.24) is 10.6 Å². The molecule has 0 radical (unpaired) electrons. The van der Waals surface area contributed by atoms with Crippen LogP contribution in [0, 0.1) is 0 Å². The summed E-state index contributed by atoms with van der Waals surface area (Å²) in [4.78, 5) is 24.0. The number of hydrogen-bond acceptors (Lipinski definition) is 3. The van der Waals surface area contributed by atoms with E-state index in [9.17, 15) is 9.59 Å². The highest BCUT2D eigenvalue weighted by molar-refractivity contribution is 5.90. The fourth-order valence-corrected chi connectivity index (χ4v) is 3.04. The largest absolute Gasteiger partial charge is 0.383 e. The van der Waals surface area contributed by atoms with E-state index in [-0.39, 0.29) is 18.4 Å². The van der Waals surface area contributed by atoms with Crippen LogP contribution in [0.4, 0.5) is 10.5 Å². The number of ether oxygens (including phenoxy) is 1. The number of fused-ring (bicyclic) bond motifs is 1. The first kappa shape index (κ1) is 20.4. The predicted octanol–water partition coefficient (Wildman–Crippen LogP) is 3.47. The van der Waals surface area contributed by atoms with Crippen molar-refractivity contribution in [3.63, 3.8) is 0 Å². The molecule has 0 spiro atoms. The van der Waals surface area contributed by atoms with Gasteiger partial charge in [0.25, 0.3) is 0 Å². The molecule has 0 saturated heterocycles. The Bertz CT molecular complexity index is 965. The second kappa shape index (κ2) is 10.2. The van der Waals surface area contributed by atoms with Gasteiger partial charge in [0, 0.05) is 25.9 Å². The molecule has 3 aromatic carbocycles. The van der Waals surface area contributed by atoms with Gasteiger partial charge in [-0.3, -0.25) is 4.79 Å². The Labute approximate surface area is 170 Å². The van der Waals surface area contributed by atoms with Crippen LogP contribution < -0.4 is 16.0 Å². The molecule has 0 saturated carbocycles. The van der Waals surface area contributed by atoms with Crippen molar-refractivity contribution in [2.45, 2.75) is 13.0 Å². The predicted molar refractivity (Wildman–Crippen MR) is 115 cm³/mol. The van der Waals surface area contributed by atoms with Crippen molar-refractivity contribution in [3.8, 4) is 0 Å². The smallest absolute Gasteiger partial charge is 0.319 e. The highest BCUT2D eigenvalue weighted by Crippen LogP contribution is 2.18. The van der Waals surface area contributed by atoms with Gasteiger partial charge in [0.2, 0.25) is 5.91 Å². The normalized spacial score (nSPS) is 10.5. The van der Waals surface area contributed by atoms with Crippen molar-refractivity contribution >= 4 is 28.4 Å². The lowest BCUT2D eigenvalue weighted by Gasteiger charge is -2.10. The van der Waals surface area contributed by atoms with Gasteiger partial charge in [-0.2, -0.15) is 0 Å². The summed E-state index contributed by atoms with van der Waals surface area (Å²) in [7, 11) is 1.59. The molecule has 3 rings (SSSR count). The lowest BCUT2D eigenvalue weighted by atomic mass is 10.0. The Morgan fingerprint density at radius 1 is 0.897 bits per heavy atom. The summed E-state index contributed by atoms with van der Waals surface area (Å²) in [6, 6.07) is 21.1. The molecule has 0 aliphatic carbocycles. The van der Waals surface area contributed by atoms with Crippen LogP contribution in [-0.4, -0.2) is 32.2 Å². The molecular formula is C23H25N3O3. The SMILES string of the molecule is COCCNC(=O)Cc1ccc(NC(=O)NCc2cccc3ccccc23)cc1. The van der Waals surface area contributed by atoms with Gasteiger partial charge in [-0.25, -0.2) is 4.79 Å². The van der Waals surface area contributed by atoms with E-state index in [1.54, 1.807) is 19.2 Å². The number of urea groups is 1. The monoisotopic (exact) mass is 391 g/mol. The molecule has 0 heterocycles. The number of benzene rings is 3. The first-order valence-corrected chi connectivity index (χ1v) is 9.52. The highest BCUT2D eigenvalue weighted by Gasteiger charge is 2.06. The minimum absolute atomic E-state index is 0.0596. The number of amides is 3. The van der Waals surface area contributed by atoms with Crippen LogP contribution in [0.15, 0.2) is 66.7 Å². The Morgan fingerprint density at radius 2 is 1.66 bits per heavy atom. The lowest BCUT2D eigenvalue weighted by Crippen LogP contribution is -2.28. The minimum atomic E-state index is -0.275. The van der Waals surface area contributed by atoms with Gasteiger partial charge < -0.3 is 20.7 Å². The van der Waals surface area contributed by atoms with Crippen molar-refractivity contribution in [2.24, 2.45) is 0 Å². The van der Waals surface area contributed by atoms with Crippen LogP contribution >= 0.6 is 0 Å². The zero-order valence-electron chi connectivity index (χ0n) is 16.4. The van der Waals surface area contributed by atoms with Crippen molar-refractivity contribution in [2.75, 3.05) is 25.6 Å². The second-order valence-corrected chi connectivity index (χ2v) is 6.66. The maximum atomic E-state index is 12.2. The maximum Gasteiger partial charge on any atom is 0.319 e. The molecule has 3 amide bonds. The average molecular weight is 391 g/mol. The number of hydrogen-bond donors (Lipinski definition) is 3.